The summed E-state index contributed by atoms with van der Waals surface area (Å²) in [5.74, 6) is 2.04. The van der Waals surface area contributed by atoms with Crippen LogP contribution in [0.1, 0.15) is 33.1 Å². The smallest absolute Gasteiger partial charge is 0.145 e. The minimum atomic E-state index is 0.320. The predicted octanol–water partition coefficient (Wildman–Crippen LogP) is 2.81. The first-order valence-corrected chi connectivity index (χ1v) is 5.21. The summed E-state index contributed by atoms with van der Waals surface area (Å²) in [7, 11) is 0. The molecule has 0 aromatic heterocycles. The second kappa shape index (κ2) is 2.70. The standard InChI is InChI=1S/C12H18O/c1-8(7-13)11-9-4-5-10(6-9)12(11,2)3/h7,9-11H,1,4-6H2,2-3H3. The number of rotatable bonds is 2. The Morgan fingerprint density at radius 3 is 2.62 bits per heavy atom. The lowest BCUT2D eigenvalue weighted by molar-refractivity contribution is -0.106. The fourth-order valence-electron chi connectivity index (χ4n) is 3.71. The molecule has 0 saturated heterocycles. The fraction of sp³-hybridized carbons (Fsp3) is 0.750. The molecule has 2 aliphatic rings. The van der Waals surface area contributed by atoms with Gasteiger partial charge in [-0.25, -0.2) is 0 Å². The maximum absolute atomic E-state index is 10.8. The highest BCUT2D eigenvalue weighted by Gasteiger charge is 2.53. The van der Waals surface area contributed by atoms with Gasteiger partial charge in [-0.2, -0.15) is 0 Å². The summed E-state index contributed by atoms with van der Waals surface area (Å²) >= 11 is 0. The Hall–Kier alpha value is -0.590. The molecule has 72 valence electrons. The molecule has 0 radical (unpaired) electrons. The van der Waals surface area contributed by atoms with Crippen molar-refractivity contribution < 1.29 is 4.79 Å². The molecule has 0 aliphatic heterocycles. The molecule has 0 spiro atoms. The Labute approximate surface area is 80.2 Å². The van der Waals surface area contributed by atoms with Crippen molar-refractivity contribution in [2.24, 2.45) is 23.2 Å². The molecule has 3 unspecified atom stereocenters. The van der Waals surface area contributed by atoms with Gasteiger partial charge >= 0.3 is 0 Å². The van der Waals surface area contributed by atoms with Gasteiger partial charge in [-0.3, -0.25) is 4.79 Å². The summed E-state index contributed by atoms with van der Waals surface area (Å²) in [6, 6.07) is 0. The topological polar surface area (TPSA) is 17.1 Å². The Kier molecular flexibility index (Phi) is 1.86. The first-order chi connectivity index (χ1) is 6.07. The van der Waals surface area contributed by atoms with Crippen LogP contribution in [0.25, 0.3) is 0 Å². The van der Waals surface area contributed by atoms with E-state index in [0.717, 1.165) is 23.7 Å². The van der Waals surface area contributed by atoms with Gasteiger partial charge in [0.25, 0.3) is 0 Å². The second-order valence-corrected chi connectivity index (χ2v) is 5.26. The Morgan fingerprint density at radius 2 is 2.15 bits per heavy atom. The zero-order valence-corrected chi connectivity index (χ0v) is 8.55. The van der Waals surface area contributed by atoms with Gasteiger partial charge in [0.05, 0.1) is 0 Å². The summed E-state index contributed by atoms with van der Waals surface area (Å²) in [6.45, 7) is 8.51. The number of hydrogen-bond donors (Lipinski definition) is 0. The van der Waals surface area contributed by atoms with Crippen LogP contribution in [-0.2, 0) is 4.79 Å². The highest BCUT2D eigenvalue weighted by atomic mass is 16.1. The lowest BCUT2D eigenvalue weighted by Gasteiger charge is -2.38. The largest absolute Gasteiger partial charge is 0.298 e. The first kappa shape index (κ1) is 8.98. The van der Waals surface area contributed by atoms with Crippen molar-refractivity contribution in [3.63, 3.8) is 0 Å². The maximum atomic E-state index is 10.8. The van der Waals surface area contributed by atoms with Gasteiger partial charge in [-0.1, -0.05) is 20.4 Å². The van der Waals surface area contributed by atoms with Crippen molar-refractivity contribution in [2.75, 3.05) is 0 Å². The van der Waals surface area contributed by atoms with E-state index >= 15 is 0 Å². The van der Waals surface area contributed by atoms with Gasteiger partial charge in [0.1, 0.15) is 6.29 Å². The quantitative estimate of drug-likeness (QED) is 0.469. The zero-order valence-electron chi connectivity index (χ0n) is 8.55. The molecule has 1 nitrogen and oxygen atoms in total. The molecule has 1 heteroatoms. The molecule has 2 fully saturated rings. The number of carbonyl (C=O) groups is 1. The van der Waals surface area contributed by atoms with Crippen molar-refractivity contribution in [3.8, 4) is 0 Å². The number of hydrogen-bond acceptors (Lipinski definition) is 1. The van der Waals surface area contributed by atoms with Gasteiger partial charge in [-0.05, 0) is 48.0 Å². The SMILES string of the molecule is C=C(C=O)C1C2CCC(C2)C1(C)C. The maximum Gasteiger partial charge on any atom is 0.145 e. The van der Waals surface area contributed by atoms with E-state index in [-0.39, 0.29) is 0 Å². The average molecular weight is 178 g/mol. The number of carbonyl (C=O) groups excluding carboxylic acids is 1. The highest BCUT2D eigenvalue weighted by molar-refractivity contribution is 5.73. The summed E-state index contributed by atoms with van der Waals surface area (Å²) in [5, 5.41) is 0. The van der Waals surface area contributed by atoms with Crippen LogP contribution < -0.4 is 0 Å². The highest BCUT2D eigenvalue weighted by Crippen LogP contribution is 2.60. The van der Waals surface area contributed by atoms with Crippen molar-refractivity contribution >= 4 is 6.29 Å². The van der Waals surface area contributed by atoms with Crippen LogP contribution in [0.3, 0.4) is 0 Å². The van der Waals surface area contributed by atoms with Crippen LogP contribution in [0.15, 0.2) is 12.2 Å². The van der Waals surface area contributed by atoms with Gasteiger partial charge in [-0.15, -0.1) is 0 Å². The third-order valence-electron chi connectivity index (χ3n) is 4.35. The lowest BCUT2D eigenvalue weighted by atomic mass is 9.66. The number of allylic oxidation sites excluding steroid dienone is 1. The van der Waals surface area contributed by atoms with Crippen molar-refractivity contribution in [1.29, 1.82) is 0 Å². The number of fused-ring (bicyclic) bond motifs is 2. The molecule has 2 aliphatic carbocycles. The molecule has 0 aromatic rings. The van der Waals surface area contributed by atoms with Gasteiger partial charge in [0.15, 0.2) is 0 Å². The molecule has 13 heavy (non-hydrogen) atoms. The fourth-order valence-corrected chi connectivity index (χ4v) is 3.71. The van der Waals surface area contributed by atoms with Gasteiger partial charge in [0, 0.05) is 0 Å². The lowest BCUT2D eigenvalue weighted by Crippen LogP contribution is -2.32. The van der Waals surface area contributed by atoms with Gasteiger partial charge < -0.3 is 0 Å². The van der Waals surface area contributed by atoms with Crippen LogP contribution >= 0.6 is 0 Å². The molecule has 2 bridgehead atoms. The second-order valence-electron chi connectivity index (χ2n) is 5.26. The minimum Gasteiger partial charge on any atom is -0.298 e. The van der Waals surface area contributed by atoms with E-state index in [4.69, 9.17) is 0 Å². The molecule has 0 aromatic carbocycles. The molecule has 3 atom stereocenters. The van der Waals surface area contributed by atoms with E-state index in [1.165, 1.54) is 19.3 Å². The third kappa shape index (κ3) is 1.09. The van der Waals surface area contributed by atoms with E-state index in [0.29, 0.717) is 11.3 Å². The molecular formula is C12H18O. The third-order valence-corrected chi connectivity index (χ3v) is 4.35. The summed E-state index contributed by atoms with van der Waals surface area (Å²) < 4.78 is 0. The first-order valence-electron chi connectivity index (χ1n) is 5.21. The van der Waals surface area contributed by atoms with E-state index in [1.54, 1.807) is 0 Å². The van der Waals surface area contributed by atoms with Crippen molar-refractivity contribution in [3.05, 3.63) is 12.2 Å². The van der Waals surface area contributed by atoms with E-state index in [9.17, 15) is 4.79 Å². The van der Waals surface area contributed by atoms with Crippen molar-refractivity contribution in [2.45, 2.75) is 33.1 Å². The van der Waals surface area contributed by atoms with Crippen LogP contribution in [0.5, 0.6) is 0 Å². The van der Waals surface area contributed by atoms with E-state index in [2.05, 4.69) is 20.4 Å². The van der Waals surface area contributed by atoms with Gasteiger partial charge in [0.2, 0.25) is 0 Å². The normalized spacial score (nSPS) is 40.6. The molecule has 0 N–H and O–H groups in total. The molecule has 2 saturated carbocycles. The molecule has 0 heterocycles. The summed E-state index contributed by atoms with van der Waals surface area (Å²) in [4.78, 5) is 10.8. The van der Waals surface area contributed by atoms with Crippen LogP contribution in [0.4, 0.5) is 0 Å². The predicted molar refractivity (Wildman–Crippen MR) is 53.3 cm³/mol. The summed E-state index contributed by atoms with van der Waals surface area (Å²) in [6.07, 6.45) is 4.96. The Bertz CT molecular complexity index is 252. The monoisotopic (exact) mass is 178 g/mol. The zero-order chi connectivity index (χ0) is 9.64. The number of aldehydes is 1. The van der Waals surface area contributed by atoms with Crippen LogP contribution in [-0.4, -0.2) is 6.29 Å². The molecular weight excluding hydrogens is 160 g/mol. The van der Waals surface area contributed by atoms with Crippen molar-refractivity contribution in [1.82, 2.24) is 0 Å². The Balaban J connectivity index is 2.28. The Morgan fingerprint density at radius 1 is 1.46 bits per heavy atom. The van der Waals surface area contributed by atoms with Crippen LogP contribution in [0.2, 0.25) is 0 Å². The molecule has 0 amide bonds. The van der Waals surface area contributed by atoms with E-state index in [1.807, 2.05) is 0 Å². The van der Waals surface area contributed by atoms with E-state index < -0.39 is 0 Å². The van der Waals surface area contributed by atoms with Crippen LogP contribution in [0, 0.1) is 23.2 Å². The molecule has 2 rings (SSSR count). The average Bonchev–Trinajstić information content (AvgIpc) is 2.60. The summed E-state index contributed by atoms with van der Waals surface area (Å²) in [5.41, 5.74) is 1.15. The minimum absolute atomic E-state index is 0.320.